The third kappa shape index (κ3) is 6.83. The molecule has 1 N–H and O–H groups in total. The van der Waals surface area contributed by atoms with Gasteiger partial charge in [0.05, 0.1) is 44.2 Å². The lowest BCUT2D eigenvalue weighted by molar-refractivity contribution is -0.00227. The van der Waals surface area contributed by atoms with Crippen LogP contribution in [0, 0.1) is 0 Å². The predicted octanol–water partition coefficient (Wildman–Crippen LogP) is 6.15. The van der Waals surface area contributed by atoms with Gasteiger partial charge in [0.2, 0.25) is 0 Å². The monoisotopic (exact) mass is 592 g/mol. The Balaban J connectivity index is 1.68. The Bertz CT molecular complexity index is 1430. The van der Waals surface area contributed by atoms with Crippen molar-refractivity contribution >= 4 is 23.0 Å². The van der Waals surface area contributed by atoms with E-state index in [1.165, 1.54) is 31.9 Å². The molecule has 0 radical (unpaired) electrons. The van der Waals surface area contributed by atoms with E-state index in [0.717, 1.165) is 40.8 Å². The number of carbonyl (C=O) groups excluding carboxylic acids is 2. The van der Waals surface area contributed by atoms with Crippen LogP contribution in [-0.4, -0.2) is 78.4 Å². The van der Waals surface area contributed by atoms with Gasteiger partial charge in [0.25, 0.3) is 0 Å². The fourth-order valence-electron chi connectivity index (χ4n) is 6.40. The van der Waals surface area contributed by atoms with Gasteiger partial charge in [0, 0.05) is 29.6 Å². The molecule has 0 saturated heterocycles. The summed E-state index contributed by atoms with van der Waals surface area (Å²) < 4.78 is 25.3. The Labute approximate surface area is 253 Å². The van der Waals surface area contributed by atoms with Gasteiger partial charge in [0.1, 0.15) is 18.0 Å². The van der Waals surface area contributed by atoms with Gasteiger partial charge in [0.15, 0.2) is 0 Å². The Kier molecular flexibility index (Phi) is 9.62. The number of hydrogen-bond donors (Lipinski definition) is 1. The van der Waals surface area contributed by atoms with Crippen LogP contribution in [0.3, 0.4) is 0 Å². The molecule has 1 aliphatic carbocycles. The second-order valence-corrected chi connectivity index (χ2v) is 12.4. The normalized spacial score (nSPS) is 17.3. The van der Waals surface area contributed by atoms with E-state index in [0.29, 0.717) is 18.0 Å². The zero-order valence-corrected chi connectivity index (χ0v) is 25.8. The molecule has 1 aliphatic heterocycles. The average Bonchev–Trinajstić information content (AvgIpc) is 3.30. The number of benzene rings is 2. The van der Waals surface area contributed by atoms with Gasteiger partial charge in [-0.15, -0.1) is 0 Å². The molecule has 43 heavy (non-hydrogen) atoms. The number of aliphatic hydroxyl groups excluding tert-OH is 1. The number of esters is 1. The van der Waals surface area contributed by atoms with Gasteiger partial charge in [-0.3, -0.25) is 4.90 Å². The second-order valence-electron chi connectivity index (χ2n) is 12.4. The standard InChI is InChI=1S/C34H44N2O7/c1-34(2,3)43-33(39)35(16-18-41-19-17-37)25-21-36-28-20-24(32(38)40-4)14-15-26(28)30(23-10-6-5-7-11-23)31(36)27-12-8-9-13-29(27)42-22-25/h8-9,12-15,20,23,25,37H,5-7,10-11,16-19,21-22H2,1-4H3/t25-/m1/s1. The van der Waals surface area contributed by atoms with Crippen molar-refractivity contribution in [2.45, 2.75) is 77.0 Å². The van der Waals surface area contributed by atoms with E-state index in [4.69, 9.17) is 18.9 Å². The highest BCUT2D eigenvalue weighted by atomic mass is 16.6. The molecule has 1 aromatic heterocycles. The molecule has 1 amide bonds. The number of carbonyl (C=O) groups is 2. The lowest BCUT2D eigenvalue weighted by Crippen LogP contribution is -2.49. The molecule has 9 heteroatoms. The Hall–Kier alpha value is -3.56. The SMILES string of the molecule is COC(=O)c1ccc2c(C3CCCCC3)c3n(c2c1)C[C@@H](N(CCOCCO)C(=O)OC(C)(C)C)COc1ccccc1-3. The van der Waals surface area contributed by atoms with E-state index in [2.05, 4.69) is 16.7 Å². The zero-order chi connectivity index (χ0) is 30.6. The minimum Gasteiger partial charge on any atom is -0.491 e. The molecule has 0 spiro atoms. The minimum atomic E-state index is -0.689. The van der Waals surface area contributed by atoms with Crippen LogP contribution >= 0.6 is 0 Å². The van der Waals surface area contributed by atoms with E-state index >= 15 is 0 Å². The van der Waals surface area contributed by atoms with Crippen LogP contribution in [-0.2, 0) is 20.8 Å². The Morgan fingerprint density at radius 1 is 1.07 bits per heavy atom. The molecule has 1 fully saturated rings. The molecule has 2 aliphatic rings. The van der Waals surface area contributed by atoms with E-state index in [1.807, 2.05) is 51.1 Å². The summed E-state index contributed by atoms with van der Waals surface area (Å²) in [4.78, 5) is 28.0. The molecule has 0 bridgehead atoms. The molecular weight excluding hydrogens is 548 g/mol. The van der Waals surface area contributed by atoms with Crippen molar-refractivity contribution in [1.82, 2.24) is 9.47 Å². The maximum atomic E-state index is 13.6. The number of fused-ring (bicyclic) bond motifs is 5. The minimum absolute atomic E-state index is 0.0963. The molecule has 9 nitrogen and oxygen atoms in total. The van der Waals surface area contributed by atoms with Crippen LogP contribution in [0.2, 0.25) is 0 Å². The summed E-state index contributed by atoms with van der Waals surface area (Å²) in [6, 6.07) is 13.5. The van der Waals surface area contributed by atoms with E-state index in [9.17, 15) is 14.7 Å². The van der Waals surface area contributed by atoms with Crippen molar-refractivity contribution in [3.8, 4) is 17.0 Å². The van der Waals surface area contributed by atoms with Crippen LogP contribution in [0.4, 0.5) is 4.79 Å². The summed E-state index contributed by atoms with van der Waals surface area (Å²) in [6.45, 7) is 6.80. The molecule has 2 heterocycles. The second kappa shape index (κ2) is 13.4. The van der Waals surface area contributed by atoms with Crippen LogP contribution in [0.15, 0.2) is 42.5 Å². The van der Waals surface area contributed by atoms with Gasteiger partial charge < -0.3 is 28.6 Å². The summed E-state index contributed by atoms with van der Waals surface area (Å²) in [5.41, 5.74) is 4.08. The van der Waals surface area contributed by atoms with Crippen molar-refractivity contribution in [3.63, 3.8) is 0 Å². The lowest BCUT2D eigenvalue weighted by atomic mass is 9.81. The number of rotatable bonds is 8. The number of hydrogen-bond acceptors (Lipinski definition) is 7. The van der Waals surface area contributed by atoms with E-state index in [1.54, 1.807) is 4.90 Å². The molecular formula is C34H44N2O7. The highest BCUT2D eigenvalue weighted by Crippen LogP contribution is 2.47. The first kappa shape index (κ1) is 30.9. The van der Waals surface area contributed by atoms with Crippen LogP contribution in [0.5, 0.6) is 5.75 Å². The Morgan fingerprint density at radius 3 is 2.56 bits per heavy atom. The molecule has 3 aromatic rings. The quantitative estimate of drug-likeness (QED) is 0.247. The van der Waals surface area contributed by atoms with Gasteiger partial charge in [-0.05, 0) is 69.4 Å². The zero-order valence-electron chi connectivity index (χ0n) is 25.8. The maximum Gasteiger partial charge on any atom is 0.410 e. The van der Waals surface area contributed by atoms with Crippen LogP contribution in [0.1, 0.15) is 74.7 Å². The number of aromatic nitrogens is 1. The first-order valence-electron chi connectivity index (χ1n) is 15.4. The summed E-state index contributed by atoms with van der Waals surface area (Å²) in [7, 11) is 1.39. The highest BCUT2D eigenvalue weighted by molar-refractivity contribution is 5.99. The first-order valence-corrected chi connectivity index (χ1v) is 15.4. The van der Waals surface area contributed by atoms with Gasteiger partial charge >= 0.3 is 12.1 Å². The number of nitrogens with zero attached hydrogens (tertiary/aromatic N) is 2. The third-order valence-electron chi connectivity index (χ3n) is 8.29. The molecule has 232 valence electrons. The fourth-order valence-corrected chi connectivity index (χ4v) is 6.40. The molecule has 5 rings (SSSR count). The molecule has 1 saturated carbocycles. The number of methoxy groups -OCH3 is 1. The summed E-state index contributed by atoms with van der Waals surface area (Å²) in [5, 5.41) is 10.3. The third-order valence-corrected chi connectivity index (χ3v) is 8.29. The summed E-state index contributed by atoms with van der Waals surface area (Å²) in [5.74, 6) is 0.734. The maximum absolute atomic E-state index is 13.6. The van der Waals surface area contributed by atoms with Crippen LogP contribution < -0.4 is 4.74 Å². The van der Waals surface area contributed by atoms with E-state index < -0.39 is 17.7 Å². The van der Waals surface area contributed by atoms with Crippen LogP contribution in [0.25, 0.3) is 22.2 Å². The lowest BCUT2D eigenvalue weighted by Gasteiger charge is -2.35. The first-order chi connectivity index (χ1) is 20.7. The predicted molar refractivity (Wildman–Crippen MR) is 165 cm³/mol. The number of aliphatic hydroxyl groups is 1. The van der Waals surface area contributed by atoms with Gasteiger partial charge in [-0.2, -0.15) is 0 Å². The summed E-state index contributed by atoms with van der Waals surface area (Å²) >= 11 is 0. The largest absolute Gasteiger partial charge is 0.491 e. The number of para-hydroxylation sites is 1. The Morgan fingerprint density at radius 2 is 1.84 bits per heavy atom. The molecule has 0 unspecified atom stereocenters. The van der Waals surface area contributed by atoms with Gasteiger partial charge in [-0.25, -0.2) is 9.59 Å². The van der Waals surface area contributed by atoms with Crippen molar-refractivity contribution in [2.75, 3.05) is 40.1 Å². The van der Waals surface area contributed by atoms with Crippen molar-refractivity contribution < 1.29 is 33.6 Å². The number of amides is 1. The van der Waals surface area contributed by atoms with Gasteiger partial charge in [-0.1, -0.05) is 37.5 Å². The van der Waals surface area contributed by atoms with Crippen molar-refractivity contribution in [3.05, 3.63) is 53.6 Å². The molecule has 2 aromatic carbocycles. The topological polar surface area (TPSA) is 99.5 Å². The van der Waals surface area contributed by atoms with Crippen molar-refractivity contribution in [2.24, 2.45) is 0 Å². The average molecular weight is 593 g/mol. The summed E-state index contributed by atoms with van der Waals surface area (Å²) in [6.07, 6.45) is 5.34. The molecule has 1 atom stereocenters. The smallest absolute Gasteiger partial charge is 0.410 e. The highest BCUT2D eigenvalue weighted by Gasteiger charge is 2.35. The van der Waals surface area contributed by atoms with E-state index in [-0.39, 0.29) is 38.9 Å². The number of ether oxygens (including phenoxy) is 4. The fraction of sp³-hybridized carbons (Fsp3) is 0.529. The van der Waals surface area contributed by atoms with Crippen molar-refractivity contribution in [1.29, 1.82) is 0 Å².